The topological polar surface area (TPSA) is 106 Å². The van der Waals surface area contributed by atoms with E-state index in [1.807, 2.05) is 30.3 Å². The Labute approximate surface area is 153 Å². The number of nitrogens with one attached hydrogen (secondary N) is 1. The quantitative estimate of drug-likeness (QED) is 0.622. The molecule has 0 aliphatic rings. The fourth-order valence-corrected chi connectivity index (χ4v) is 4.37. The highest BCUT2D eigenvalue weighted by Gasteiger charge is 2.18. The van der Waals surface area contributed by atoms with Gasteiger partial charge in [-0.05, 0) is 24.3 Å². The molecule has 1 aromatic heterocycles. The van der Waals surface area contributed by atoms with Gasteiger partial charge in [-0.2, -0.15) is 8.42 Å². The minimum atomic E-state index is -4.88. The van der Waals surface area contributed by atoms with Crippen LogP contribution in [0.5, 0.6) is 0 Å². The van der Waals surface area contributed by atoms with Crippen LogP contribution in [0.1, 0.15) is 5.01 Å². The van der Waals surface area contributed by atoms with Gasteiger partial charge in [0.15, 0.2) is 0 Å². The zero-order valence-corrected chi connectivity index (χ0v) is 15.5. The van der Waals surface area contributed by atoms with Gasteiger partial charge in [-0.25, -0.2) is 13.1 Å². The summed E-state index contributed by atoms with van der Waals surface area (Å²) < 4.78 is 61.3. The van der Waals surface area contributed by atoms with Gasteiger partial charge in [-0.1, -0.05) is 41.7 Å². The Hall–Kier alpha value is -2.21. The van der Waals surface area contributed by atoms with E-state index < -0.39 is 25.1 Å². The molecule has 3 rings (SSSR count). The van der Waals surface area contributed by atoms with E-state index in [1.54, 1.807) is 0 Å². The summed E-state index contributed by atoms with van der Waals surface area (Å²) in [5.41, 5.74) is 0.877. The lowest BCUT2D eigenvalue weighted by Gasteiger charge is -2.05. The third-order valence-corrected chi connectivity index (χ3v) is 6.54. The summed E-state index contributed by atoms with van der Waals surface area (Å²) in [7, 11) is -8.78. The molecule has 0 amide bonds. The van der Waals surface area contributed by atoms with E-state index in [1.165, 1.54) is 11.3 Å². The van der Waals surface area contributed by atoms with Gasteiger partial charge in [-0.15, -0.1) is 14.1 Å². The summed E-state index contributed by atoms with van der Waals surface area (Å²) in [6.07, 6.45) is 0. The van der Waals surface area contributed by atoms with Gasteiger partial charge in [0.25, 0.3) is 0 Å². The number of rotatable bonds is 6. The van der Waals surface area contributed by atoms with Crippen molar-refractivity contribution in [3.05, 3.63) is 59.6 Å². The second kappa shape index (κ2) is 7.19. The molecule has 11 heteroatoms. The van der Waals surface area contributed by atoms with Crippen molar-refractivity contribution >= 4 is 31.6 Å². The Bertz CT molecular complexity index is 1110. The van der Waals surface area contributed by atoms with E-state index in [0.717, 1.165) is 29.8 Å². The molecule has 0 unspecified atom stereocenters. The van der Waals surface area contributed by atoms with Crippen LogP contribution >= 0.6 is 11.3 Å². The molecular weight excluding hydrogens is 401 g/mol. The van der Waals surface area contributed by atoms with Gasteiger partial charge in [0, 0.05) is 5.56 Å². The highest BCUT2D eigenvalue weighted by atomic mass is 32.3. The minimum Gasteiger partial charge on any atom is -0.207 e. The normalized spacial score (nSPS) is 12.2. The van der Waals surface area contributed by atoms with Gasteiger partial charge in [0.05, 0.1) is 16.3 Å². The zero-order chi connectivity index (χ0) is 18.8. The van der Waals surface area contributed by atoms with Gasteiger partial charge in [0.1, 0.15) is 10.0 Å². The molecule has 0 atom stereocenters. The fourth-order valence-electron chi connectivity index (χ4n) is 2.04. The predicted octanol–water partition coefficient (Wildman–Crippen LogP) is 2.34. The molecule has 0 fully saturated rings. The number of sulfonamides is 1. The first-order chi connectivity index (χ1) is 12.3. The summed E-state index contributed by atoms with van der Waals surface area (Å²) in [4.78, 5) is -0.786. The van der Waals surface area contributed by atoms with Gasteiger partial charge in [-0.3, -0.25) is 0 Å². The maximum Gasteiger partial charge on any atom is 0.332 e. The molecule has 136 valence electrons. The van der Waals surface area contributed by atoms with Crippen LogP contribution in [-0.2, 0) is 26.8 Å². The smallest absolute Gasteiger partial charge is 0.207 e. The lowest BCUT2D eigenvalue weighted by molar-refractivity contribution is 0.551. The second-order valence-corrected chi connectivity index (χ2v) is 9.28. The summed E-state index contributed by atoms with van der Waals surface area (Å²) >= 11 is 1.25. The third-order valence-electron chi connectivity index (χ3n) is 3.32. The summed E-state index contributed by atoms with van der Waals surface area (Å²) in [5.74, 6) is 0. The lowest BCUT2D eigenvalue weighted by Crippen LogP contribution is -2.23. The number of hydrogen-bond donors (Lipinski definition) is 1. The highest BCUT2D eigenvalue weighted by molar-refractivity contribution is 7.89. The summed E-state index contributed by atoms with van der Waals surface area (Å²) in [6, 6.07) is 13.2. The maximum atomic E-state index is 12.9. The molecule has 0 aliphatic carbocycles. The highest BCUT2D eigenvalue weighted by Crippen LogP contribution is 2.23. The van der Waals surface area contributed by atoms with E-state index in [2.05, 4.69) is 14.9 Å². The molecule has 1 N–H and O–H groups in total. The first-order valence-electron chi connectivity index (χ1n) is 7.18. The van der Waals surface area contributed by atoms with Crippen LogP contribution in [0.15, 0.2) is 64.4 Å². The monoisotopic (exact) mass is 413 g/mol. The minimum absolute atomic E-state index is 0.0734. The molecule has 0 spiro atoms. The standard InChI is InChI=1S/C15H12FN3O4S3/c16-25(20,21)12-6-8-13(9-7-12)26(22,23)17-10-14-18-19-15(24-14)11-4-2-1-3-5-11/h1-9,17H,10H2. The third kappa shape index (κ3) is 4.30. The first-order valence-corrected chi connectivity index (χ1v) is 10.9. The van der Waals surface area contributed by atoms with E-state index in [0.29, 0.717) is 10.0 Å². The van der Waals surface area contributed by atoms with Crippen LogP contribution < -0.4 is 4.72 Å². The molecule has 0 saturated heterocycles. The summed E-state index contributed by atoms with van der Waals surface area (Å²) in [6.45, 7) is -0.0734. The molecule has 3 aromatic rings. The van der Waals surface area contributed by atoms with E-state index in [4.69, 9.17) is 0 Å². The van der Waals surface area contributed by atoms with Gasteiger partial charge in [0.2, 0.25) is 10.0 Å². The molecule has 0 radical (unpaired) electrons. The average Bonchev–Trinajstić information content (AvgIpc) is 3.09. The van der Waals surface area contributed by atoms with Gasteiger partial charge >= 0.3 is 10.2 Å². The Morgan fingerprint density at radius 2 is 1.50 bits per heavy atom. The molecule has 26 heavy (non-hydrogen) atoms. The fraction of sp³-hybridized carbons (Fsp3) is 0.0667. The van der Waals surface area contributed by atoms with E-state index in [9.17, 15) is 20.7 Å². The Balaban J connectivity index is 1.72. The van der Waals surface area contributed by atoms with Crippen molar-refractivity contribution in [1.29, 1.82) is 0 Å². The number of nitrogens with zero attached hydrogens (tertiary/aromatic N) is 2. The Morgan fingerprint density at radius 1 is 0.885 bits per heavy atom. The van der Waals surface area contributed by atoms with Crippen LogP contribution in [0.4, 0.5) is 3.89 Å². The van der Waals surface area contributed by atoms with Gasteiger partial charge < -0.3 is 0 Å². The first kappa shape index (κ1) is 18.6. The molecule has 2 aromatic carbocycles. The molecule has 1 heterocycles. The number of hydrogen-bond acceptors (Lipinski definition) is 7. The average molecular weight is 413 g/mol. The van der Waals surface area contributed by atoms with Crippen molar-refractivity contribution in [1.82, 2.24) is 14.9 Å². The van der Waals surface area contributed by atoms with Crippen LogP contribution in [0.2, 0.25) is 0 Å². The molecule has 0 saturated carbocycles. The zero-order valence-electron chi connectivity index (χ0n) is 13.0. The van der Waals surface area contributed by atoms with Crippen molar-refractivity contribution in [3.63, 3.8) is 0 Å². The molecular formula is C15H12FN3O4S3. The second-order valence-electron chi connectivity index (χ2n) is 5.10. The van der Waals surface area contributed by atoms with Crippen LogP contribution in [0, 0.1) is 0 Å². The lowest BCUT2D eigenvalue weighted by atomic mass is 10.2. The SMILES string of the molecule is O=S(=O)(F)c1ccc(S(=O)(=O)NCc2nnc(-c3ccccc3)s2)cc1. The molecule has 7 nitrogen and oxygen atoms in total. The Kier molecular flexibility index (Phi) is 5.14. The van der Waals surface area contributed by atoms with Crippen molar-refractivity contribution < 1.29 is 20.7 Å². The summed E-state index contributed by atoms with van der Waals surface area (Å²) in [5, 5.41) is 9.10. The van der Waals surface area contributed by atoms with Crippen molar-refractivity contribution in [2.45, 2.75) is 16.3 Å². The van der Waals surface area contributed by atoms with E-state index in [-0.39, 0.29) is 11.4 Å². The number of aromatic nitrogens is 2. The van der Waals surface area contributed by atoms with Crippen LogP contribution in [-0.4, -0.2) is 27.0 Å². The Morgan fingerprint density at radius 3 is 2.12 bits per heavy atom. The van der Waals surface area contributed by atoms with Crippen LogP contribution in [0.3, 0.4) is 0 Å². The van der Waals surface area contributed by atoms with Crippen molar-refractivity contribution in [3.8, 4) is 10.6 Å². The number of benzene rings is 2. The van der Waals surface area contributed by atoms with Crippen LogP contribution in [0.25, 0.3) is 10.6 Å². The van der Waals surface area contributed by atoms with Crippen molar-refractivity contribution in [2.24, 2.45) is 0 Å². The van der Waals surface area contributed by atoms with Crippen molar-refractivity contribution in [2.75, 3.05) is 0 Å². The number of halogens is 1. The molecule has 0 bridgehead atoms. The maximum absolute atomic E-state index is 12.9. The largest absolute Gasteiger partial charge is 0.332 e. The molecule has 0 aliphatic heterocycles. The predicted molar refractivity (Wildman–Crippen MR) is 94.1 cm³/mol. The van der Waals surface area contributed by atoms with E-state index >= 15 is 0 Å².